The van der Waals surface area contributed by atoms with Gasteiger partial charge in [0, 0.05) is 6.54 Å². The van der Waals surface area contributed by atoms with Crippen LogP contribution in [0.2, 0.25) is 0 Å². The molecule has 2 nitrogen and oxygen atoms in total. The zero-order chi connectivity index (χ0) is 7.82. The van der Waals surface area contributed by atoms with Gasteiger partial charge in [-0.15, -0.1) is 0 Å². The van der Waals surface area contributed by atoms with Crippen LogP contribution in [0.15, 0.2) is 12.2 Å². The van der Waals surface area contributed by atoms with E-state index in [0.29, 0.717) is 0 Å². The summed E-state index contributed by atoms with van der Waals surface area (Å²) in [7, 11) is 0. The lowest BCUT2D eigenvalue weighted by Crippen LogP contribution is -2.18. The molecule has 2 N–H and O–H groups in total. The highest BCUT2D eigenvalue weighted by Crippen LogP contribution is 1.84. The zero-order valence-electron chi connectivity index (χ0n) is 6.80. The standard InChI is InChI=1S/C8H17NO/c1-3-4-6-9-7-5-8(2)10/h3-4,8-10H,5-7H2,1-2H3/b4-3+. The molecule has 0 heterocycles. The second-order valence-corrected chi connectivity index (χ2v) is 2.41. The number of aliphatic hydroxyl groups is 1. The SMILES string of the molecule is C/C=C/CNCCC(C)O. The maximum Gasteiger partial charge on any atom is 0.0524 e. The Kier molecular flexibility index (Phi) is 6.55. The van der Waals surface area contributed by atoms with E-state index in [0.717, 1.165) is 19.5 Å². The van der Waals surface area contributed by atoms with Crippen molar-refractivity contribution in [2.24, 2.45) is 0 Å². The van der Waals surface area contributed by atoms with Gasteiger partial charge in [0.2, 0.25) is 0 Å². The Morgan fingerprint density at radius 3 is 2.80 bits per heavy atom. The average molecular weight is 143 g/mol. The van der Waals surface area contributed by atoms with Crippen LogP contribution in [0.1, 0.15) is 20.3 Å². The van der Waals surface area contributed by atoms with Crippen molar-refractivity contribution in [2.45, 2.75) is 26.4 Å². The van der Waals surface area contributed by atoms with Crippen molar-refractivity contribution in [2.75, 3.05) is 13.1 Å². The van der Waals surface area contributed by atoms with Crippen LogP contribution in [0.4, 0.5) is 0 Å². The van der Waals surface area contributed by atoms with E-state index in [4.69, 9.17) is 5.11 Å². The highest BCUT2D eigenvalue weighted by atomic mass is 16.3. The van der Waals surface area contributed by atoms with Crippen LogP contribution in [0.25, 0.3) is 0 Å². The monoisotopic (exact) mass is 143 g/mol. The Morgan fingerprint density at radius 2 is 2.30 bits per heavy atom. The Hall–Kier alpha value is -0.340. The van der Waals surface area contributed by atoms with Gasteiger partial charge in [0.05, 0.1) is 6.10 Å². The molecule has 0 bridgehead atoms. The molecule has 1 atom stereocenters. The Labute approximate surface area is 62.9 Å². The first-order valence-corrected chi connectivity index (χ1v) is 3.77. The summed E-state index contributed by atoms with van der Waals surface area (Å²) in [6, 6.07) is 0. The van der Waals surface area contributed by atoms with Gasteiger partial charge in [0.15, 0.2) is 0 Å². The van der Waals surface area contributed by atoms with E-state index in [-0.39, 0.29) is 6.10 Å². The van der Waals surface area contributed by atoms with E-state index in [1.165, 1.54) is 0 Å². The van der Waals surface area contributed by atoms with E-state index in [1.807, 2.05) is 13.0 Å². The molecule has 0 aromatic heterocycles. The molecule has 0 aliphatic rings. The van der Waals surface area contributed by atoms with Gasteiger partial charge in [0.1, 0.15) is 0 Å². The summed E-state index contributed by atoms with van der Waals surface area (Å²) in [6.07, 6.45) is 4.72. The Morgan fingerprint density at radius 1 is 1.60 bits per heavy atom. The Balaban J connectivity index is 2.91. The summed E-state index contributed by atoms with van der Waals surface area (Å²) in [4.78, 5) is 0. The van der Waals surface area contributed by atoms with Crippen molar-refractivity contribution < 1.29 is 5.11 Å². The third-order valence-electron chi connectivity index (χ3n) is 1.24. The molecule has 0 amide bonds. The van der Waals surface area contributed by atoms with E-state index >= 15 is 0 Å². The number of hydrogen-bond donors (Lipinski definition) is 2. The van der Waals surface area contributed by atoms with Crippen LogP contribution in [0, 0.1) is 0 Å². The fourth-order valence-electron chi connectivity index (χ4n) is 0.614. The molecule has 0 saturated heterocycles. The van der Waals surface area contributed by atoms with Crippen molar-refractivity contribution in [3.05, 3.63) is 12.2 Å². The lowest BCUT2D eigenvalue weighted by molar-refractivity contribution is 0.184. The van der Waals surface area contributed by atoms with Crippen LogP contribution in [0.3, 0.4) is 0 Å². The summed E-state index contributed by atoms with van der Waals surface area (Å²) in [5.74, 6) is 0. The molecule has 10 heavy (non-hydrogen) atoms. The predicted octanol–water partition coefficient (Wildman–Crippen LogP) is 0.923. The maximum absolute atomic E-state index is 8.85. The molecule has 60 valence electrons. The number of rotatable bonds is 5. The normalized spacial score (nSPS) is 14.3. The third kappa shape index (κ3) is 7.66. The van der Waals surface area contributed by atoms with Gasteiger partial charge in [-0.2, -0.15) is 0 Å². The van der Waals surface area contributed by atoms with Crippen molar-refractivity contribution in [3.8, 4) is 0 Å². The first-order valence-electron chi connectivity index (χ1n) is 3.77. The second kappa shape index (κ2) is 6.78. The van der Waals surface area contributed by atoms with Gasteiger partial charge in [-0.05, 0) is 26.8 Å². The summed E-state index contributed by atoms with van der Waals surface area (Å²) in [5, 5.41) is 12.0. The van der Waals surface area contributed by atoms with Gasteiger partial charge >= 0.3 is 0 Å². The van der Waals surface area contributed by atoms with Crippen LogP contribution < -0.4 is 5.32 Å². The third-order valence-corrected chi connectivity index (χ3v) is 1.24. The predicted molar refractivity (Wildman–Crippen MR) is 44.0 cm³/mol. The minimum atomic E-state index is -0.182. The smallest absolute Gasteiger partial charge is 0.0524 e. The topological polar surface area (TPSA) is 32.3 Å². The highest BCUT2D eigenvalue weighted by Gasteiger charge is 1.91. The van der Waals surface area contributed by atoms with Gasteiger partial charge in [-0.25, -0.2) is 0 Å². The number of aliphatic hydroxyl groups excluding tert-OH is 1. The molecule has 0 radical (unpaired) electrons. The van der Waals surface area contributed by atoms with Crippen molar-refractivity contribution in [1.82, 2.24) is 5.32 Å². The second-order valence-electron chi connectivity index (χ2n) is 2.41. The minimum absolute atomic E-state index is 0.182. The number of hydrogen-bond acceptors (Lipinski definition) is 2. The molecule has 0 aliphatic carbocycles. The molecule has 0 spiro atoms. The van der Waals surface area contributed by atoms with Gasteiger partial charge < -0.3 is 10.4 Å². The zero-order valence-corrected chi connectivity index (χ0v) is 6.80. The highest BCUT2D eigenvalue weighted by molar-refractivity contribution is 4.79. The number of nitrogens with one attached hydrogen (secondary N) is 1. The lowest BCUT2D eigenvalue weighted by atomic mass is 10.3. The molecule has 0 aliphatic heterocycles. The van der Waals surface area contributed by atoms with E-state index in [9.17, 15) is 0 Å². The molecule has 0 rings (SSSR count). The van der Waals surface area contributed by atoms with E-state index < -0.39 is 0 Å². The largest absolute Gasteiger partial charge is 0.393 e. The molecule has 2 heteroatoms. The first kappa shape index (κ1) is 9.66. The molecule has 0 aromatic rings. The van der Waals surface area contributed by atoms with E-state index in [2.05, 4.69) is 11.4 Å². The molecule has 0 saturated carbocycles. The maximum atomic E-state index is 8.85. The first-order chi connectivity index (χ1) is 4.77. The van der Waals surface area contributed by atoms with Gasteiger partial charge in [-0.3, -0.25) is 0 Å². The quantitative estimate of drug-likeness (QED) is 0.443. The average Bonchev–Trinajstić information content (AvgIpc) is 1.87. The van der Waals surface area contributed by atoms with Crippen molar-refractivity contribution >= 4 is 0 Å². The fourth-order valence-corrected chi connectivity index (χ4v) is 0.614. The number of allylic oxidation sites excluding steroid dienone is 1. The molecule has 0 aromatic carbocycles. The molecular formula is C8H17NO. The van der Waals surface area contributed by atoms with Crippen LogP contribution in [-0.2, 0) is 0 Å². The summed E-state index contributed by atoms with van der Waals surface area (Å²) in [6.45, 7) is 5.60. The van der Waals surface area contributed by atoms with Crippen molar-refractivity contribution in [3.63, 3.8) is 0 Å². The Bertz CT molecular complexity index is 89.3. The summed E-state index contributed by atoms with van der Waals surface area (Å²) >= 11 is 0. The van der Waals surface area contributed by atoms with Crippen LogP contribution >= 0.6 is 0 Å². The lowest BCUT2D eigenvalue weighted by Gasteiger charge is -2.02. The van der Waals surface area contributed by atoms with Crippen molar-refractivity contribution in [1.29, 1.82) is 0 Å². The van der Waals surface area contributed by atoms with Crippen LogP contribution in [0.5, 0.6) is 0 Å². The minimum Gasteiger partial charge on any atom is -0.393 e. The van der Waals surface area contributed by atoms with Gasteiger partial charge in [-0.1, -0.05) is 12.2 Å². The summed E-state index contributed by atoms with van der Waals surface area (Å²) in [5.41, 5.74) is 0. The van der Waals surface area contributed by atoms with E-state index in [1.54, 1.807) is 6.92 Å². The summed E-state index contributed by atoms with van der Waals surface area (Å²) < 4.78 is 0. The van der Waals surface area contributed by atoms with Crippen LogP contribution in [-0.4, -0.2) is 24.3 Å². The molecule has 1 unspecified atom stereocenters. The fraction of sp³-hybridized carbons (Fsp3) is 0.750. The molecule has 0 fully saturated rings. The molecular weight excluding hydrogens is 126 g/mol. The van der Waals surface area contributed by atoms with Gasteiger partial charge in [0.25, 0.3) is 0 Å².